The van der Waals surface area contributed by atoms with Crippen molar-refractivity contribution in [2.24, 2.45) is 5.92 Å². The van der Waals surface area contributed by atoms with Crippen LogP contribution in [0.1, 0.15) is 23.7 Å². The summed E-state index contributed by atoms with van der Waals surface area (Å²) in [7, 11) is 0. The zero-order valence-corrected chi connectivity index (χ0v) is 9.39. The van der Waals surface area contributed by atoms with E-state index in [9.17, 15) is 4.79 Å². The maximum Gasteiger partial charge on any atom is 0.338 e. The molecule has 1 aliphatic rings. The van der Waals surface area contributed by atoms with Gasteiger partial charge < -0.3 is 9.47 Å². The van der Waals surface area contributed by atoms with E-state index in [-0.39, 0.29) is 12.1 Å². The lowest BCUT2D eigenvalue weighted by molar-refractivity contribution is 0.00798. The van der Waals surface area contributed by atoms with Gasteiger partial charge in [-0.2, -0.15) is 0 Å². The molecule has 0 amide bonds. The molecule has 1 aromatic carbocycles. The van der Waals surface area contributed by atoms with Crippen LogP contribution in [0.25, 0.3) is 0 Å². The van der Waals surface area contributed by atoms with Gasteiger partial charge in [0, 0.05) is 6.61 Å². The first-order valence-electron chi connectivity index (χ1n) is 5.61. The number of esters is 1. The Morgan fingerprint density at radius 3 is 2.81 bits per heavy atom. The van der Waals surface area contributed by atoms with Gasteiger partial charge in [-0.3, -0.25) is 0 Å². The van der Waals surface area contributed by atoms with Crippen LogP contribution in [0.15, 0.2) is 30.3 Å². The third-order valence-electron chi connectivity index (χ3n) is 2.93. The molecule has 0 N–H and O–H groups in total. The number of hydrogen-bond donors (Lipinski definition) is 0. The van der Waals surface area contributed by atoms with Crippen molar-refractivity contribution >= 4 is 5.97 Å². The zero-order chi connectivity index (χ0) is 11.4. The van der Waals surface area contributed by atoms with Crippen molar-refractivity contribution in [2.45, 2.75) is 19.4 Å². The van der Waals surface area contributed by atoms with Gasteiger partial charge in [-0.15, -0.1) is 0 Å². The van der Waals surface area contributed by atoms with Gasteiger partial charge in [0.2, 0.25) is 0 Å². The Morgan fingerprint density at radius 2 is 2.19 bits per heavy atom. The van der Waals surface area contributed by atoms with Gasteiger partial charge >= 0.3 is 5.97 Å². The molecule has 1 aliphatic heterocycles. The van der Waals surface area contributed by atoms with E-state index in [1.807, 2.05) is 18.2 Å². The fraction of sp³-hybridized carbons (Fsp3) is 0.462. The zero-order valence-electron chi connectivity index (χ0n) is 9.39. The molecule has 86 valence electrons. The predicted octanol–water partition coefficient (Wildman–Crippen LogP) is 2.27. The van der Waals surface area contributed by atoms with Crippen molar-refractivity contribution in [1.29, 1.82) is 0 Å². The molecule has 1 aromatic rings. The van der Waals surface area contributed by atoms with Crippen molar-refractivity contribution in [3.63, 3.8) is 0 Å². The Hall–Kier alpha value is -1.35. The van der Waals surface area contributed by atoms with Crippen LogP contribution in [0.4, 0.5) is 0 Å². The molecule has 0 bridgehead atoms. The van der Waals surface area contributed by atoms with Gasteiger partial charge in [-0.25, -0.2) is 4.79 Å². The van der Waals surface area contributed by atoms with Crippen molar-refractivity contribution in [3.05, 3.63) is 35.9 Å². The van der Waals surface area contributed by atoms with E-state index in [4.69, 9.17) is 9.47 Å². The lowest BCUT2D eigenvalue weighted by Crippen LogP contribution is -2.22. The summed E-state index contributed by atoms with van der Waals surface area (Å²) in [5.41, 5.74) is 0.591. The fourth-order valence-electron chi connectivity index (χ4n) is 1.78. The summed E-state index contributed by atoms with van der Waals surface area (Å²) < 4.78 is 10.7. The van der Waals surface area contributed by atoms with Crippen molar-refractivity contribution < 1.29 is 14.3 Å². The van der Waals surface area contributed by atoms with Crippen LogP contribution in [-0.4, -0.2) is 25.3 Å². The highest BCUT2D eigenvalue weighted by Gasteiger charge is 2.25. The third-order valence-corrected chi connectivity index (χ3v) is 2.93. The Kier molecular flexibility index (Phi) is 3.57. The molecule has 1 heterocycles. The van der Waals surface area contributed by atoms with Crippen LogP contribution >= 0.6 is 0 Å². The number of hydrogen-bond acceptors (Lipinski definition) is 3. The molecule has 16 heavy (non-hydrogen) atoms. The minimum atomic E-state index is -0.275. The summed E-state index contributed by atoms with van der Waals surface area (Å²) >= 11 is 0. The molecule has 1 fully saturated rings. The molecule has 0 radical (unpaired) electrons. The maximum absolute atomic E-state index is 11.6. The van der Waals surface area contributed by atoms with E-state index in [0.29, 0.717) is 18.1 Å². The maximum atomic E-state index is 11.6. The van der Waals surface area contributed by atoms with E-state index < -0.39 is 0 Å². The summed E-state index contributed by atoms with van der Waals surface area (Å²) in [6.07, 6.45) is 1.11. The topological polar surface area (TPSA) is 35.5 Å². The molecule has 1 saturated heterocycles. The average Bonchev–Trinajstić information content (AvgIpc) is 2.73. The highest BCUT2D eigenvalue weighted by atomic mass is 16.6. The first-order chi connectivity index (χ1) is 7.77. The number of ether oxygens (including phenoxy) is 2. The number of benzene rings is 1. The summed E-state index contributed by atoms with van der Waals surface area (Å²) in [5.74, 6) is 0.201. The molecule has 2 atom stereocenters. The van der Waals surface area contributed by atoms with Gasteiger partial charge in [0.15, 0.2) is 0 Å². The second-order valence-electron chi connectivity index (χ2n) is 4.14. The lowest BCUT2D eigenvalue weighted by atomic mass is 10.1. The molecule has 0 aromatic heterocycles. The van der Waals surface area contributed by atoms with Crippen molar-refractivity contribution in [1.82, 2.24) is 0 Å². The van der Waals surface area contributed by atoms with Crippen LogP contribution in [0, 0.1) is 5.92 Å². The molecule has 3 heteroatoms. The van der Waals surface area contributed by atoms with Gasteiger partial charge in [-0.05, 0) is 24.5 Å². The molecule has 2 rings (SSSR count). The first kappa shape index (κ1) is 11.1. The summed E-state index contributed by atoms with van der Waals surface area (Å²) in [4.78, 5) is 11.6. The Bertz CT molecular complexity index is 347. The molecule has 0 aliphatic carbocycles. The highest BCUT2D eigenvalue weighted by Crippen LogP contribution is 2.20. The van der Waals surface area contributed by atoms with E-state index in [1.165, 1.54) is 0 Å². The smallest absolute Gasteiger partial charge is 0.338 e. The minimum Gasteiger partial charge on any atom is -0.459 e. The highest BCUT2D eigenvalue weighted by molar-refractivity contribution is 5.89. The van der Waals surface area contributed by atoms with E-state index >= 15 is 0 Å². The second-order valence-corrected chi connectivity index (χ2v) is 4.14. The fourth-order valence-corrected chi connectivity index (χ4v) is 1.78. The second kappa shape index (κ2) is 5.12. The first-order valence-corrected chi connectivity index (χ1v) is 5.61. The summed E-state index contributed by atoms with van der Waals surface area (Å²) in [6.45, 7) is 3.25. The molecule has 0 spiro atoms. The van der Waals surface area contributed by atoms with Crippen LogP contribution in [0.3, 0.4) is 0 Å². The van der Waals surface area contributed by atoms with Crippen molar-refractivity contribution in [2.75, 3.05) is 13.2 Å². The standard InChI is InChI=1S/C13H16O3/c1-10-7-8-15-12(10)9-16-13(14)11-5-3-2-4-6-11/h2-6,10,12H,7-9H2,1H3/t10-,12-/m1/s1. The Labute approximate surface area is 95.4 Å². The van der Waals surface area contributed by atoms with Crippen LogP contribution in [0.2, 0.25) is 0 Å². The van der Waals surface area contributed by atoms with Gasteiger partial charge in [0.1, 0.15) is 6.61 Å². The normalized spacial score (nSPS) is 24.3. The predicted molar refractivity (Wildman–Crippen MR) is 60.2 cm³/mol. The quantitative estimate of drug-likeness (QED) is 0.733. The molecule has 3 nitrogen and oxygen atoms in total. The third kappa shape index (κ3) is 2.61. The van der Waals surface area contributed by atoms with E-state index in [2.05, 4.69) is 6.92 Å². The molecule has 0 unspecified atom stereocenters. The van der Waals surface area contributed by atoms with Crippen molar-refractivity contribution in [3.8, 4) is 0 Å². The number of carbonyl (C=O) groups excluding carboxylic acids is 1. The SMILES string of the molecule is C[C@@H]1CCO[C@@H]1COC(=O)c1ccccc1. The van der Waals surface area contributed by atoms with Gasteiger partial charge in [0.05, 0.1) is 11.7 Å². The van der Waals surface area contributed by atoms with Crippen LogP contribution in [-0.2, 0) is 9.47 Å². The summed E-state index contributed by atoms with van der Waals surface area (Å²) in [6, 6.07) is 9.03. The summed E-state index contributed by atoms with van der Waals surface area (Å²) in [5, 5.41) is 0. The van der Waals surface area contributed by atoms with E-state index in [0.717, 1.165) is 13.0 Å². The van der Waals surface area contributed by atoms with E-state index in [1.54, 1.807) is 12.1 Å². The number of carbonyl (C=O) groups is 1. The van der Waals surface area contributed by atoms with Gasteiger partial charge in [0.25, 0.3) is 0 Å². The molecule has 0 saturated carbocycles. The lowest BCUT2D eigenvalue weighted by Gasteiger charge is -2.14. The molecular weight excluding hydrogens is 204 g/mol. The van der Waals surface area contributed by atoms with Crippen LogP contribution < -0.4 is 0 Å². The minimum absolute atomic E-state index is 0.0627. The largest absolute Gasteiger partial charge is 0.459 e. The van der Waals surface area contributed by atoms with Crippen LogP contribution in [0.5, 0.6) is 0 Å². The Balaban J connectivity index is 1.84. The molecular formula is C13H16O3. The monoisotopic (exact) mass is 220 g/mol. The number of rotatable bonds is 3. The average molecular weight is 220 g/mol. The van der Waals surface area contributed by atoms with Gasteiger partial charge in [-0.1, -0.05) is 25.1 Å². The Morgan fingerprint density at radius 1 is 1.44 bits per heavy atom.